The van der Waals surface area contributed by atoms with E-state index in [9.17, 15) is 13.2 Å². The van der Waals surface area contributed by atoms with Crippen LogP contribution < -0.4 is 4.72 Å². The molecular weight excluding hydrogens is 262 g/mol. The molecule has 1 rings (SSSR count). The van der Waals surface area contributed by atoms with Crippen molar-refractivity contribution in [2.75, 3.05) is 6.54 Å². The van der Waals surface area contributed by atoms with E-state index in [4.69, 9.17) is 5.11 Å². The van der Waals surface area contributed by atoms with Crippen LogP contribution in [0.25, 0.3) is 0 Å². The molecule has 1 unspecified atom stereocenters. The lowest BCUT2D eigenvalue weighted by atomic mass is 10.1. The lowest BCUT2D eigenvalue weighted by Crippen LogP contribution is -2.32. The molecule has 1 atom stereocenters. The maximum absolute atomic E-state index is 11.8. The highest BCUT2D eigenvalue weighted by molar-refractivity contribution is 7.91. The number of nitrogens with one attached hydrogen (secondary N) is 1. The van der Waals surface area contributed by atoms with E-state index >= 15 is 0 Å². The van der Waals surface area contributed by atoms with Gasteiger partial charge in [-0.15, -0.1) is 11.3 Å². The van der Waals surface area contributed by atoms with Crippen LogP contribution in [-0.2, 0) is 14.8 Å². The monoisotopic (exact) mass is 277 g/mol. The molecule has 5 nitrogen and oxygen atoms in total. The van der Waals surface area contributed by atoms with Gasteiger partial charge in [0.15, 0.2) is 0 Å². The van der Waals surface area contributed by atoms with Gasteiger partial charge in [-0.1, -0.05) is 6.92 Å². The molecule has 0 aliphatic rings. The van der Waals surface area contributed by atoms with Crippen LogP contribution in [0.3, 0.4) is 0 Å². The Morgan fingerprint density at radius 3 is 2.59 bits per heavy atom. The van der Waals surface area contributed by atoms with Gasteiger partial charge in [0.25, 0.3) is 0 Å². The van der Waals surface area contributed by atoms with Crippen molar-refractivity contribution in [2.45, 2.75) is 24.5 Å². The van der Waals surface area contributed by atoms with E-state index in [1.54, 1.807) is 13.0 Å². The normalized spacial score (nSPS) is 13.5. The minimum absolute atomic E-state index is 0.0783. The molecule has 0 bridgehead atoms. The second kappa shape index (κ2) is 5.61. The highest BCUT2D eigenvalue weighted by Gasteiger charge is 2.21. The van der Waals surface area contributed by atoms with Crippen molar-refractivity contribution in [1.29, 1.82) is 0 Å². The minimum Gasteiger partial charge on any atom is -0.481 e. The van der Waals surface area contributed by atoms with E-state index in [0.29, 0.717) is 6.42 Å². The zero-order chi connectivity index (χ0) is 13.1. The zero-order valence-corrected chi connectivity index (χ0v) is 11.3. The van der Waals surface area contributed by atoms with Crippen LogP contribution in [-0.4, -0.2) is 26.0 Å². The molecule has 0 aliphatic heterocycles. The van der Waals surface area contributed by atoms with Crippen molar-refractivity contribution >= 4 is 27.3 Å². The van der Waals surface area contributed by atoms with Gasteiger partial charge in [-0.3, -0.25) is 4.79 Å². The summed E-state index contributed by atoms with van der Waals surface area (Å²) in [7, 11) is -3.57. The maximum Gasteiger partial charge on any atom is 0.307 e. The molecule has 0 aliphatic carbocycles. The largest absolute Gasteiger partial charge is 0.481 e. The summed E-state index contributed by atoms with van der Waals surface area (Å²) in [4.78, 5) is 11.7. The number of aliphatic carboxylic acids is 1. The van der Waals surface area contributed by atoms with Gasteiger partial charge in [0.05, 0.1) is 5.92 Å². The summed E-state index contributed by atoms with van der Waals surface area (Å²) in [5.74, 6) is -1.68. The molecule has 0 saturated heterocycles. The van der Waals surface area contributed by atoms with Crippen molar-refractivity contribution in [3.63, 3.8) is 0 Å². The van der Waals surface area contributed by atoms with Crippen LogP contribution in [0.15, 0.2) is 16.3 Å². The van der Waals surface area contributed by atoms with Crippen LogP contribution in [0.1, 0.15) is 18.2 Å². The SMILES string of the molecule is CCC(CNS(=O)(=O)c1ccc(C)s1)C(=O)O. The fourth-order valence-corrected chi connectivity index (χ4v) is 3.65. The lowest BCUT2D eigenvalue weighted by molar-refractivity contribution is -0.141. The van der Waals surface area contributed by atoms with Crippen molar-refractivity contribution in [1.82, 2.24) is 4.72 Å². The van der Waals surface area contributed by atoms with Crippen LogP contribution in [0.5, 0.6) is 0 Å². The average molecular weight is 277 g/mol. The predicted molar refractivity (Wildman–Crippen MR) is 65.7 cm³/mol. The Labute approximate surface area is 105 Å². The molecule has 0 amide bonds. The van der Waals surface area contributed by atoms with Gasteiger partial charge in [-0.05, 0) is 25.5 Å². The van der Waals surface area contributed by atoms with Gasteiger partial charge in [0.1, 0.15) is 4.21 Å². The van der Waals surface area contributed by atoms with E-state index in [1.165, 1.54) is 6.07 Å². The van der Waals surface area contributed by atoms with Gasteiger partial charge in [-0.25, -0.2) is 13.1 Å². The van der Waals surface area contributed by atoms with Gasteiger partial charge >= 0.3 is 5.97 Å². The Morgan fingerprint density at radius 1 is 1.53 bits per heavy atom. The second-order valence-electron chi connectivity index (χ2n) is 3.66. The highest BCUT2D eigenvalue weighted by Crippen LogP contribution is 2.20. The first kappa shape index (κ1) is 14.1. The average Bonchev–Trinajstić information content (AvgIpc) is 2.66. The minimum atomic E-state index is -3.57. The summed E-state index contributed by atoms with van der Waals surface area (Å²) < 4.78 is 26.1. The molecule has 0 aromatic carbocycles. The van der Waals surface area contributed by atoms with Crippen molar-refractivity contribution < 1.29 is 18.3 Å². The molecule has 0 spiro atoms. The fraction of sp³-hybridized carbons (Fsp3) is 0.500. The standard InChI is InChI=1S/C10H15NO4S2/c1-3-8(10(12)13)6-11-17(14,15)9-5-4-7(2)16-9/h4-5,8,11H,3,6H2,1-2H3,(H,12,13). The molecular formula is C10H15NO4S2. The predicted octanol–water partition coefficient (Wildman–Crippen LogP) is 1.45. The van der Waals surface area contributed by atoms with Gasteiger partial charge < -0.3 is 5.11 Å². The summed E-state index contributed by atoms with van der Waals surface area (Å²) in [6.07, 6.45) is 0.390. The number of carboxylic acid groups (broad SMARTS) is 1. The van der Waals surface area contributed by atoms with E-state index in [2.05, 4.69) is 4.72 Å². The van der Waals surface area contributed by atoms with Crippen LogP contribution in [0.4, 0.5) is 0 Å². The number of sulfonamides is 1. The molecule has 96 valence electrons. The Hall–Kier alpha value is -0.920. The molecule has 2 N–H and O–H groups in total. The molecule has 1 heterocycles. The van der Waals surface area contributed by atoms with E-state index in [-0.39, 0.29) is 10.8 Å². The van der Waals surface area contributed by atoms with Crippen LogP contribution in [0.2, 0.25) is 0 Å². The maximum atomic E-state index is 11.8. The Bertz CT molecular complexity index is 492. The van der Waals surface area contributed by atoms with Gasteiger partial charge in [-0.2, -0.15) is 0 Å². The van der Waals surface area contributed by atoms with Crippen molar-refractivity contribution in [2.24, 2.45) is 5.92 Å². The summed E-state index contributed by atoms with van der Waals surface area (Å²) in [6, 6.07) is 3.23. The van der Waals surface area contributed by atoms with Crippen molar-refractivity contribution in [3.8, 4) is 0 Å². The Kier molecular flexibility index (Phi) is 4.67. The third-order valence-electron chi connectivity index (χ3n) is 2.34. The van der Waals surface area contributed by atoms with Crippen LogP contribution in [0, 0.1) is 12.8 Å². The second-order valence-corrected chi connectivity index (χ2v) is 6.94. The number of hydrogen-bond donors (Lipinski definition) is 2. The number of hydrogen-bond acceptors (Lipinski definition) is 4. The summed E-state index contributed by atoms with van der Waals surface area (Å²) in [5.41, 5.74) is 0. The molecule has 17 heavy (non-hydrogen) atoms. The Morgan fingerprint density at radius 2 is 2.18 bits per heavy atom. The third kappa shape index (κ3) is 3.79. The fourth-order valence-electron chi connectivity index (χ4n) is 1.24. The zero-order valence-electron chi connectivity index (χ0n) is 9.63. The quantitative estimate of drug-likeness (QED) is 0.824. The molecule has 0 fully saturated rings. The number of rotatable bonds is 6. The van der Waals surface area contributed by atoms with Crippen LogP contribution >= 0.6 is 11.3 Å². The Balaban J connectivity index is 2.71. The topological polar surface area (TPSA) is 83.5 Å². The van der Waals surface area contributed by atoms with Crippen molar-refractivity contribution in [3.05, 3.63) is 17.0 Å². The molecule has 0 saturated carbocycles. The smallest absolute Gasteiger partial charge is 0.307 e. The number of thiophene rings is 1. The summed E-state index contributed by atoms with van der Waals surface area (Å²) >= 11 is 1.16. The lowest BCUT2D eigenvalue weighted by Gasteiger charge is -2.10. The first-order valence-corrected chi connectivity index (χ1v) is 7.45. The summed E-state index contributed by atoms with van der Waals surface area (Å²) in [6.45, 7) is 3.45. The first-order valence-electron chi connectivity index (χ1n) is 5.15. The molecule has 1 aromatic heterocycles. The number of aryl methyl sites for hydroxylation is 1. The van der Waals surface area contributed by atoms with E-state index < -0.39 is 21.9 Å². The number of carboxylic acids is 1. The van der Waals surface area contributed by atoms with E-state index in [0.717, 1.165) is 16.2 Å². The third-order valence-corrected chi connectivity index (χ3v) is 5.26. The molecule has 7 heteroatoms. The van der Waals surface area contributed by atoms with E-state index in [1.807, 2.05) is 6.92 Å². The number of carbonyl (C=O) groups is 1. The highest BCUT2D eigenvalue weighted by atomic mass is 32.2. The van der Waals surface area contributed by atoms with Gasteiger partial charge in [0.2, 0.25) is 10.0 Å². The summed E-state index contributed by atoms with van der Waals surface area (Å²) in [5, 5.41) is 8.81. The molecule has 1 aromatic rings. The first-order chi connectivity index (χ1) is 7.86. The molecule has 0 radical (unpaired) electrons. The van der Waals surface area contributed by atoms with Gasteiger partial charge in [0, 0.05) is 11.4 Å².